The number of hydrogen-bond donors (Lipinski definition) is 1. The van der Waals surface area contributed by atoms with Gasteiger partial charge in [-0.15, -0.1) is 16.8 Å². The number of allylic oxidation sites excluding steroid dienone is 1. The van der Waals surface area contributed by atoms with E-state index < -0.39 is 5.97 Å². The Labute approximate surface area is 214 Å². The molecule has 0 spiro atoms. The Morgan fingerprint density at radius 3 is 2.53 bits per heavy atom. The molecule has 0 unspecified atom stereocenters. The molecule has 0 aliphatic rings. The number of benzene rings is 2. The van der Waals surface area contributed by atoms with E-state index in [-0.39, 0.29) is 18.3 Å². The van der Waals surface area contributed by atoms with Gasteiger partial charge in [-0.05, 0) is 62.7 Å². The Morgan fingerprint density at radius 2 is 1.83 bits per heavy atom. The monoisotopic (exact) mass is 510 g/mol. The maximum Gasteiger partial charge on any atom is 0.338 e. The van der Waals surface area contributed by atoms with Crippen LogP contribution in [0.3, 0.4) is 0 Å². The molecule has 1 amide bonds. The van der Waals surface area contributed by atoms with Crippen LogP contribution in [-0.4, -0.2) is 45.6 Å². The maximum absolute atomic E-state index is 12.5. The third kappa shape index (κ3) is 7.35. The largest absolute Gasteiger partial charge is 0.490 e. The summed E-state index contributed by atoms with van der Waals surface area (Å²) in [5, 5.41) is 11.9. The highest BCUT2D eigenvalue weighted by Crippen LogP contribution is 2.29. The minimum Gasteiger partial charge on any atom is -0.490 e. The van der Waals surface area contributed by atoms with Crippen LogP contribution in [-0.2, 0) is 22.7 Å². The number of carbonyl (C=O) groups is 2. The van der Waals surface area contributed by atoms with Crippen molar-refractivity contribution in [3.8, 4) is 11.5 Å². The summed E-state index contributed by atoms with van der Waals surface area (Å²) in [4.78, 5) is 24.2. The number of nitrogens with one attached hydrogen (secondary N) is 1. The second-order valence-corrected chi connectivity index (χ2v) is 8.55. The lowest BCUT2D eigenvalue weighted by atomic mass is 10.2. The molecule has 3 aromatic rings. The van der Waals surface area contributed by atoms with Gasteiger partial charge in [-0.2, -0.15) is 0 Å². The van der Waals surface area contributed by atoms with Gasteiger partial charge < -0.3 is 19.5 Å². The molecule has 2 aromatic carbocycles. The molecule has 0 fully saturated rings. The summed E-state index contributed by atoms with van der Waals surface area (Å²) in [7, 11) is 0. The molecule has 0 atom stereocenters. The van der Waals surface area contributed by atoms with Crippen LogP contribution in [0.1, 0.15) is 35.6 Å². The van der Waals surface area contributed by atoms with Gasteiger partial charge in [-0.1, -0.05) is 23.9 Å². The standard InChI is InChI=1S/C26H30N4O5S/c1-5-14-30-23(16-35-21-13-8-18(4)15-22(21)33-6-2)28-29-26(30)36-17-24(31)27-20-11-9-19(10-12-20)25(32)34-7-3/h5,8-13,15H,1,6-7,14,16-17H2,2-4H3,(H,27,31). The summed E-state index contributed by atoms with van der Waals surface area (Å²) in [5.41, 5.74) is 2.08. The van der Waals surface area contributed by atoms with Crippen molar-refractivity contribution in [1.82, 2.24) is 14.8 Å². The Kier molecular flexibility index (Phi) is 9.93. The number of amides is 1. The van der Waals surface area contributed by atoms with Crippen molar-refractivity contribution in [1.29, 1.82) is 0 Å². The molecule has 36 heavy (non-hydrogen) atoms. The number of nitrogens with zero attached hydrogens (tertiary/aromatic N) is 3. The normalized spacial score (nSPS) is 10.5. The van der Waals surface area contributed by atoms with Crippen molar-refractivity contribution in [2.75, 3.05) is 24.3 Å². The van der Waals surface area contributed by atoms with E-state index in [4.69, 9.17) is 14.2 Å². The lowest BCUT2D eigenvalue weighted by Gasteiger charge is -2.13. The fourth-order valence-electron chi connectivity index (χ4n) is 3.22. The molecule has 1 heterocycles. The average molecular weight is 511 g/mol. The molecule has 0 saturated carbocycles. The highest BCUT2D eigenvalue weighted by atomic mass is 32.2. The second kappa shape index (κ2) is 13.3. The molecule has 0 bridgehead atoms. The first-order valence-electron chi connectivity index (χ1n) is 11.5. The van der Waals surface area contributed by atoms with E-state index in [1.54, 1.807) is 37.3 Å². The number of aromatic nitrogens is 3. The van der Waals surface area contributed by atoms with Gasteiger partial charge in [-0.3, -0.25) is 9.36 Å². The fourth-order valence-corrected chi connectivity index (χ4v) is 3.99. The number of thioether (sulfide) groups is 1. The highest BCUT2D eigenvalue weighted by Gasteiger charge is 2.16. The first kappa shape index (κ1) is 26.8. The predicted molar refractivity (Wildman–Crippen MR) is 139 cm³/mol. The van der Waals surface area contributed by atoms with Crippen molar-refractivity contribution in [3.05, 3.63) is 72.1 Å². The lowest BCUT2D eigenvalue weighted by Crippen LogP contribution is -2.15. The van der Waals surface area contributed by atoms with Crippen LogP contribution in [0.4, 0.5) is 5.69 Å². The zero-order chi connectivity index (χ0) is 25.9. The molecule has 0 saturated heterocycles. The minimum atomic E-state index is -0.399. The summed E-state index contributed by atoms with van der Waals surface area (Å²) in [5.74, 6) is 1.42. The van der Waals surface area contributed by atoms with Gasteiger partial charge in [0, 0.05) is 12.2 Å². The van der Waals surface area contributed by atoms with E-state index in [0.29, 0.717) is 53.5 Å². The van der Waals surface area contributed by atoms with Crippen LogP contribution in [0.15, 0.2) is 60.3 Å². The Balaban J connectivity index is 1.60. The average Bonchev–Trinajstić information content (AvgIpc) is 3.24. The maximum atomic E-state index is 12.5. The Bertz CT molecular complexity index is 1190. The van der Waals surface area contributed by atoms with Crippen LogP contribution in [0.2, 0.25) is 0 Å². The minimum absolute atomic E-state index is 0.127. The third-order valence-corrected chi connectivity index (χ3v) is 5.84. The molecule has 190 valence electrons. The topological polar surface area (TPSA) is 105 Å². The smallest absolute Gasteiger partial charge is 0.338 e. The van der Waals surface area contributed by atoms with Crippen molar-refractivity contribution >= 4 is 29.3 Å². The van der Waals surface area contributed by atoms with Gasteiger partial charge >= 0.3 is 5.97 Å². The van der Waals surface area contributed by atoms with E-state index in [0.717, 1.165) is 5.56 Å². The molecular formula is C26H30N4O5S. The Hall–Kier alpha value is -3.79. The molecular weight excluding hydrogens is 480 g/mol. The van der Waals surface area contributed by atoms with Gasteiger partial charge in [0.25, 0.3) is 0 Å². The van der Waals surface area contributed by atoms with Crippen molar-refractivity contribution in [3.63, 3.8) is 0 Å². The predicted octanol–water partition coefficient (Wildman–Crippen LogP) is 4.66. The highest BCUT2D eigenvalue weighted by molar-refractivity contribution is 7.99. The van der Waals surface area contributed by atoms with E-state index in [9.17, 15) is 9.59 Å². The number of hydrogen-bond acceptors (Lipinski definition) is 8. The molecule has 9 nitrogen and oxygen atoms in total. The van der Waals surface area contributed by atoms with Crippen LogP contribution in [0, 0.1) is 6.92 Å². The summed E-state index contributed by atoms with van der Waals surface area (Å²) in [6.07, 6.45) is 1.74. The summed E-state index contributed by atoms with van der Waals surface area (Å²) in [6.45, 7) is 11.0. The lowest BCUT2D eigenvalue weighted by molar-refractivity contribution is -0.113. The van der Waals surface area contributed by atoms with Crippen molar-refractivity contribution in [2.45, 2.75) is 39.1 Å². The number of aryl methyl sites for hydroxylation is 1. The van der Waals surface area contributed by atoms with Gasteiger partial charge in [0.05, 0.1) is 24.5 Å². The summed E-state index contributed by atoms with van der Waals surface area (Å²) < 4.78 is 18.5. The first-order valence-corrected chi connectivity index (χ1v) is 12.5. The SMILES string of the molecule is C=CCn1c(COc2ccc(C)cc2OCC)nnc1SCC(=O)Nc1ccc(C(=O)OCC)cc1. The zero-order valence-electron chi connectivity index (χ0n) is 20.7. The van der Waals surface area contributed by atoms with Gasteiger partial charge in [0.15, 0.2) is 22.5 Å². The zero-order valence-corrected chi connectivity index (χ0v) is 21.5. The number of rotatable bonds is 13. The summed E-state index contributed by atoms with van der Waals surface area (Å²) >= 11 is 1.26. The van der Waals surface area contributed by atoms with E-state index >= 15 is 0 Å². The molecule has 3 rings (SSSR count). The van der Waals surface area contributed by atoms with Gasteiger partial charge in [0.1, 0.15) is 6.61 Å². The van der Waals surface area contributed by atoms with Crippen LogP contribution in [0.5, 0.6) is 11.5 Å². The van der Waals surface area contributed by atoms with Crippen LogP contribution >= 0.6 is 11.8 Å². The Morgan fingerprint density at radius 1 is 1.06 bits per heavy atom. The summed E-state index contributed by atoms with van der Waals surface area (Å²) in [6, 6.07) is 12.3. The number of anilines is 1. The number of ether oxygens (including phenoxy) is 3. The molecule has 1 N–H and O–H groups in total. The molecule has 0 aliphatic carbocycles. The van der Waals surface area contributed by atoms with Gasteiger partial charge in [-0.25, -0.2) is 4.79 Å². The molecule has 10 heteroatoms. The number of esters is 1. The van der Waals surface area contributed by atoms with E-state index in [2.05, 4.69) is 22.1 Å². The quantitative estimate of drug-likeness (QED) is 0.201. The number of carbonyl (C=O) groups excluding carboxylic acids is 2. The van der Waals surface area contributed by atoms with E-state index in [1.807, 2.05) is 36.6 Å². The molecule has 0 aliphatic heterocycles. The second-order valence-electron chi connectivity index (χ2n) is 7.60. The molecule has 0 radical (unpaired) electrons. The van der Waals surface area contributed by atoms with Crippen molar-refractivity contribution < 1.29 is 23.8 Å². The first-order chi connectivity index (χ1) is 17.4. The molecule has 1 aromatic heterocycles. The van der Waals surface area contributed by atoms with Crippen LogP contribution < -0.4 is 14.8 Å². The van der Waals surface area contributed by atoms with Crippen LogP contribution in [0.25, 0.3) is 0 Å². The van der Waals surface area contributed by atoms with Gasteiger partial charge in [0.2, 0.25) is 5.91 Å². The third-order valence-electron chi connectivity index (χ3n) is 4.87. The van der Waals surface area contributed by atoms with E-state index in [1.165, 1.54) is 11.8 Å². The fraction of sp³-hybridized carbons (Fsp3) is 0.308. The van der Waals surface area contributed by atoms with Crippen molar-refractivity contribution in [2.24, 2.45) is 0 Å².